The van der Waals surface area contributed by atoms with E-state index < -0.39 is 0 Å². The summed E-state index contributed by atoms with van der Waals surface area (Å²) in [6.07, 6.45) is 0. The zero-order chi connectivity index (χ0) is 16.9. The molecule has 0 bridgehead atoms. The molecule has 0 radical (unpaired) electrons. The number of carbonyl (C=O) groups excluding carboxylic acids is 1. The summed E-state index contributed by atoms with van der Waals surface area (Å²) in [6, 6.07) is 11.0. The number of hydrogen-bond donors (Lipinski definition) is 1. The number of hydrogen-bond acceptors (Lipinski definition) is 5. The van der Waals surface area contributed by atoms with Gasteiger partial charge in [0.15, 0.2) is 11.6 Å². The van der Waals surface area contributed by atoms with Crippen LogP contribution < -0.4 is 10.2 Å². The molecule has 1 N–H and O–H groups in total. The Morgan fingerprint density at radius 3 is 2.50 bits per heavy atom. The first kappa shape index (κ1) is 16.9. The van der Waals surface area contributed by atoms with E-state index in [0.29, 0.717) is 11.4 Å². The fraction of sp³-hybridized carbons (Fsp3) is 0.353. The lowest BCUT2D eigenvalue weighted by molar-refractivity contribution is 0.102. The Morgan fingerprint density at radius 1 is 1.12 bits per heavy atom. The molecule has 1 aromatic carbocycles. The van der Waals surface area contributed by atoms with Gasteiger partial charge in [0.2, 0.25) is 0 Å². The molecule has 0 spiro atoms. The number of amides is 1. The Morgan fingerprint density at radius 2 is 1.88 bits per heavy atom. The molecule has 3 rings (SSSR count). The van der Waals surface area contributed by atoms with Gasteiger partial charge in [0, 0.05) is 30.7 Å². The summed E-state index contributed by atoms with van der Waals surface area (Å²) in [5.41, 5.74) is 0.569. The predicted octanol–water partition coefficient (Wildman–Crippen LogP) is 2.63. The lowest BCUT2D eigenvalue weighted by atomic mass is 10.2. The molecule has 1 fully saturated rings. The molecule has 0 atom stereocenters. The minimum absolute atomic E-state index is 0.207. The molecular weight excluding hydrogens is 370 g/mol. The lowest BCUT2D eigenvalue weighted by Crippen LogP contribution is -2.46. The summed E-state index contributed by atoms with van der Waals surface area (Å²) < 4.78 is 0.751. The van der Waals surface area contributed by atoms with Gasteiger partial charge >= 0.3 is 0 Å². The van der Waals surface area contributed by atoms with Crippen molar-refractivity contribution in [2.45, 2.75) is 6.92 Å². The first-order valence-corrected chi connectivity index (χ1v) is 8.83. The van der Waals surface area contributed by atoms with E-state index in [2.05, 4.69) is 48.2 Å². The largest absolute Gasteiger partial charge is 0.353 e. The van der Waals surface area contributed by atoms with Crippen LogP contribution >= 0.6 is 15.9 Å². The molecule has 126 valence electrons. The van der Waals surface area contributed by atoms with Crippen molar-refractivity contribution in [3.63, 3.8) is 0 Å². The molecule has 6 nitrogen and oxygen atoms in total. The molecule has 2 heterocycles. The van der Waals surface area contributed by atoms with Crippen LogP contribution in [0.3, 0.4) is 0 Å². The molecule has 1 amide bonds. The molecule has 7 heteroatoms. The monoisotopic (exact) mass is 389 g/mol. The van der Waals surface area contributed by atoms with E-state index in [-0.39, 0.29) is 5.91 Å². The maximum absolute atomic E-state index is 12.3. The maximum Gasteiger partial charge on any atom is 0.258 e. The van der Waals surface area contributed by atoms with Crippen molar-refractivity contribution < 1.29 is 4.79 Å². The maximum atomic E-state index is 12.3. The van der Waals surface area contributed by atoms with Gasteiger partial charge in [-0.2, -0.15) is 0 Å². The highest BCUT2D eigenvalue weighted by molar-refractivity contribution is 9.10. The average molecular weight is 390 g/mol. The Kier molecular flexibility index (Phi) is 5.42. The number of likely N-dealkylation sites (N-methyl/N-ethyl adjacent to an activating group) is 1. The van der Waals surface area contributed by atoms with E-state index in [9.17, 15) is 4.79 Å². The molecule has 0 unspecified atom stereocenters. The lowest BCUT2D eigenvalue weighted by Gasteiger charge is -2.34. The summed E-state index contributed by atoms with van der Waals surface area (Å²) >= 11 is 3.38. The van der Waals surface area contributed by atoms with Crippen LogP contribution in [-0.4, -0.2) is 53.7 Å². The van der Waals surface area contributed by atoms with Crippen molar-refractivity contribution in [3.8, 4) is 0 Å². The topological polar surface area (TPSA) is 61.4 Å². The molecule has 1 aliphatic heterocycles. The molecule has 24 heavy (non-hydrogen) atoms. The average Bonchev–Trinajstić information content (AvgIpc) is 2.63. The van der Waals surface area contributed by atoms with E-state index in [1.54, 1.807) is 12.1 Å². The minimum atomic E-state index is -0.207. The van der Waals surface area contributed by atoms with Gasteiger partial charge < -0.3 is 15.1 Å². The number of nitrogens with one attached hydrogen (secondary N) is 1. The molecule has 2 aromatic rings. The smallest absolute Gasteiger partial charge is 0.258 e. The van der Waals surface area contributed by atoms with Crippen molar-refractivity contribution in [1.29, 1.82) is 0 Å². The molecule has 1 saturated heterocycles. The molecule has 0 aliphatic carbocycles. The van der Waals surface area contributed by atoms with Crippen molar-refractivity contribution >= 4 is 33.5 Å². The second-order valence-corrected chi connectivity index (χ2v) is 6.49. The molecule has 1 aliphatic rings. The standard InChI is InChI=1S/C17H20BrN5O/c1-2-22-9-11-23(12-10-22)16-8-7-15(20-21-16)19-17(24)13-5-3-4-6-14(13)18/h3-8H,2,9-12H2,1H3,(H,19,20,24). The van der Waals surface area contributed by atoms with Crippen LogP contribution in [0, 0.1) is 0 Å². The summed E-state index contributed by atoms with van der Waals surface area (Å²) in [4.78, 5) is 16.9. The van der Waals surface area contributed by atoms with Gasteiger partial charge in [-0.1, -0.05) is 19.1 Å². The van der Waals surface area contributed by atoms with Crippen LogP contribution in [0.15, 0.2) is 40.9 Å². The first-order valence-electron chi connectivity index (χ1n) is 8.04. The van der Waals surface area contributed by atoms with Crippen LogP contribution in [-0.2, 0) is 0 Å². The number of rotatable bonds is 4. The minimum Gasteiger partial charge on any atom is -0.353 e. The van der Waals surface area contributed by atoms with Gasteiger partial charge in [-0.05, 0) is 46.7 Å². The second-order valence-electron chi connectivity index (χ2n) is 5.63. The van der Waals surface area contributed by atoms with Crippen LogP contribution in [0.25, 0.3) is 0 Å². The molecule has 1 aromatic heterocycles. The SMILES string of the molecule is CCN1CCN(c2ccc(NC(=O)c3ccccc3Br)nn2)CC1. The van der Waals surface area contributed by atoms with Gasteiger partial charge in [-0.25, -0.2) is 0 Å². The fourth-order valence-electron chi connectivity index (χ4n) is 2.68. The first-order chi connectivity index (χ1) is 11.7. The van der Waals surface area contributed by atoms with Crippen molar-refractivity contribution in [2.75, 3.05) is 42.9 Å². The highest BCUT2D eigenvalue weighted by atomic mass is 79.9. The Balaban J connectivity index is 1.63. The summed E-state index contributed by atoms with van der Waals surface area (Å²) in [6.45, 7) is 7.24. The second kappa shape index (κ2) is 7.72. The Hall–Kier alpha value is -1.99. The van der Waals surface area contributed by atoms with Crippen LogP contribution in [0.2, 0.25) is 0 Å². The Labute approximate surface area is 150 Å². The molecule has 0 saturated carbocycles. The van der Waals surface area contributed by atoms with Crippen molar-refractivity contribution in [1.82, 2.24) is 15.1 Å². The van der Waals surface area contributed by atoms with Gasteiger partial charge in [-0.3, -0.25) is 4.79 Å². The number of piperazine rings is 1. The normalized spacial score (nSPS) is 15.3. The highest BCUT2D eigenvalue weighted by Gasteiger charge is 2.17. The number of benzene rings is 1. The third kappa shape index (κ3) is 3.91. The van der Waals surface area contributed by atoms with E-state index in [1.807, 2.05) is 24.3 Å². The van der Waals surface area contributed by atoms with Crippen molar-refractivity contribution in [3.05, 3.63) is 46.4 Å². The molecular formula is C17H20BrN5O. The zero-order valence-corrected chi connectivity index (χ0v) is 15.2. The van der Waals surface area contributed by atoms with Gasteiger partial charge in [-0.15, -0.1) is 10.2 Å². The third-order valence-corrected chi connectivity index (χ3v) is 4.85. The fourth-order valence-corrected chi connectivity index (χ4v) is 3.15. The van der Waals surface area contributed by atoms with E-state index in [4.69, 9.17) is 0 Å². The quantitative estimate of drug-likeness (QED) is 0.870. The van der Waals surface area contributed by atoms with Gasteiger partial charge in [0.05, 0.1) is 5.56 Å². The van der Waals surface area contributed by atoms with Gasteiger partial charge in [0.1, 0.15) is 0 Å². The number of halogens is 1. The summed E-state index contributed by atoms with van der Waals surface area (Å²) in [7, 11) is 0. The van der Waals surface area contributed by atoms with Crippen LogP contribution in [0.1, 0.15) is 17.3 Å². The Bertz CT molecular complexity index is 698. The van der Waals surface area contributed by atoms with Crippen LogP contribution in [0.4, 0.5) is 11.6 Å². The number of aromatic nitrogens is 2. The predicted molar refractivity (Wildman–Crippen MR) is 98.5 cm³/mol. The van der Waals surface area contributed by atoms with E-state index >= 15 is 0 Å². The highest BCUT2D eigenvalue weighted by Crippen LogP contribution is 2.18. The van der Waals surface area contributed by atoms with E-state index in [0.717, 1.165) is 43.0 Å². The van der Waals surface area contributed by atoms with Crippen LogP contribution in [0.5, 0.6) is 0 Å². The summed E-state index contributed by atoms with van der Waals surface area (Å²) in [5, 5.41) is 11.2. The number of carbonyl (C=O) groups is 1. The number of nitrogens with zero attached hydrogens (tertiary/aromatic N) is 4. The van der Waals surface area contributed by atoms with Crippen molar-refractivity contribution in [2.24, 2.45) is 0 Å². The summed E-state index contributed by atoms with van der Waals surface area (Å²) in [5.74, 6) is 1.09. The van der Waals surface area contributed by atoms with E-state index in [1.165, 1.54) is 0 Å². The number of anilines is 2. The van der Waals surface area contributed by atoms with Gasteiger partial charge in [0.25, 0.3) is 5.91 Å². The third-order valence-electron chi connectivity index (χ3n) is 4.15. The zero-order valence-electron chi connectivity index (χ0n) is 13.6.